The third kappa shape index (κ3) is 4.07. The highest BCUT2D eigenvalue weighted by Crippen LogP contribution is 2.31. The van der Waals surface area contributed by atoms with Gasteiger partial charge in [-0.2, -0.15) is 5.26 Å². The first-order valence-corrected chi connectivity index (χ1v) is 9.50. The van der Waals surface area contributed by atoms with Gasteiger partial charge in [0.05, 0.1) is 36.8 Å². The van der Waals surface area contributed by atoms with E-state index in [2.05, 4.69) is 24.0 Å². The lowest BCUT2D eigenvalue weighted by molar-refractivity contribution is 0.0600. The van der Waals surface area contributed by atoms with Crippen molar-refractivity contribution in [3.8, 4) is 11.9 Å². The zero-order valence-electron chi connectivity index (χ0n) is 17.2. The number of aromatic nitrogens is 1. The number of rotatable bonds is 6. The highest BCUT2D eigenvalue weighted by Gasteiger charge is 2.28. The number of hydrogen-bond donors (Lipinski definition) is 0. The van der Waals surface area contributed by atoms with E-state index < -0.39 is 5.41 Å². The van der Waals surface area contributed by atoms with Gasteiger partial charge in [0.2, 0.25) is 5.88 Å². The molecule has 1 unspecified atom stereocenters. The monoisotopic (exact) mass is 388 g/mol. The van der Waals surface area contributed by atoms with E-state index in [0.29, 0.717) is 17.9 Å². The zero-order chi connectivity index (χ0) is 21.0. The summed E-state index contributed by atoms with van der Waals surface area (Å²) in [6, 6.07) is 17.6. The Labute approximate surface area is 170 Å². The Bertz CT molecular complexity index is 1100. The highest BCUT2D eigenvalue weighted by molar-refractivity contribution is 5.89. The Morgan fingerprint density at radius 1 is 1.17 bits per heavy atom. The smallest absolute Gasteiger partial charge is 0.337 e. The quantitative estimate of drug-likeness (QED) is 0.576. The van der Waals surface area contributed by atoms with Gasteiger partial charge in [-0.1, -0.05) is 31.2 Å². The van der Waals surface area contributed by atoms with Gasteiger partial charge in [0.15, 0.2) is 0 Å². The molecule has 0 aliphatic heterocycles. The fourth-order valence-corrected chi connectivity index (χ4v) is 3.51. The molecule has 0 radical (unpaired) electrons. The molecule has 5 nitrogen and oxygen atoms in total. The lowest BCUT2D eigenvalue weighted by Crippen LogP contribution is -2.23. The van der Waals surface area contributed by atoms with Crippen molar-refractivity contribution in [2.75, 3.05) is 14.2 Å². The van der Waals surface area contributed by atoms with Gasteiger partial charge < -0.3 is 9.47 Å². The Balaban J connectivity index is 2.01. The number of ether oxygens (including phenoxy) is 2. The molecule has 0 saturated heterocycles. The van der Waals surface area contributed by atoms with Crippen LogP contribution in [0.1, 0.15) is 40.9 Å². The van der Waals surface area contributed by atoms with Gasteiger partial charge in [0.25, 0.3) is 0 Å². The SMILES string of the molecule is CCc1cc2ccc(C(C)(C#N)Cc3cccc(C(=O)OC)c3)cc2nc1OC. The van der Waals surface area contributed by atoms with Crippen LogP contribution in [-0.2, 0) is 23.0 Å². The average molecular weight is 388 g/mol. The molecule has 2 aromatic carbocycles. The number of fused-ring (bicyclic) bond motifs is 1. The number of hydrogen-bond acceptors (Lipinski definition) is 5. The maximum absolute atomic E-state index is 11.8. The summed E-state index contributed by atoms with van der Waals surface area (Å²) in [7, 11) is 2.97. The maximum atomic E-state index is 11.8. The van der Waals surface area contributed by atoms with Crippen molar-refractivity contribution in [2.45, 2.75) is 32.1 Å². The van der Waals surface area contributed by atoms with Crippen molar-refractivity contribution < 1.29 is 14.3 Å². The molecule has 0 spiro atoms. The van der Waals surface area contributed by atoms with E-state index in [-0.39, 0.29) is 5.97 Å². The first-order chi connectivity index (χ1) is 13.9. The molecule has 29 heavy (non-hydrogen) atoms. The first kappa shape index (κ1) is 20.3. The van der Waals surface area contributed by atoms with Crippen LogP contribution in [0.2, 0.25) is 0 Å². The van der Waals surface area contributed by atoms with Gasteiger partial charge in [-0.25, -0.2) is 9.78 Å². The standard InChI is InChI=1S/C24H24N2O3/c1-5-17-12-18-9-10-20(13-21(18)26-22(17)28-3)24(2,15-25)14-16-7-6-8-19(11-16)23(27)29-4/h6-13H,5,14H2,1-4H3. The molecular formula is C24H24N2O3. The Morgan fingerprint density at radius 3 is 2.62 bits per heavy atom. The minimum absolute atomic E-state index is 0.390. The molecule has 148 valence electrons. The van der Waals surface area contributed by atoms with Crippen LogP contribution in [0.25, 0.3) is 10.9 Å². The van der Waals surface area contributed by atoms with Crippen LogP contribution in [0.15, 0.2) is 48.5 Å². The number of carbonyl (C=O) groups is 1. The van der Waals surface area contributed by atoms with Crippen molar-refractivity contribution in [3.05, 3.63) is 70.8 Å². The van der Waals surface area contributed by atoms with Gasteiger partial charge in [-0.15, -0.1) is 0 Å². The fraction of sp³-hybridized carbons (Fsp3) is 0.292. The minimum Gasteiger partial charge on any atom is -0.481 e. The summed E-state index contributed by atoms with van der Waals surface area (Å²) in [6.45, 7) is 3.96. The predicted molar refractivity (Wildman–Crippen MR) is 112 cm³/mol. The summed E-state index contributed by atoms with van der Waals surface area (Å²) in [4.78, 5) is 16.5. The number of nitriles is 1. The number of aryl methyl sites for hydroxylation is 1. The zero-order valence-corrected chi connectivity index (χ0v) is 17.2. The number of esters is 1. The van der Waals surface area contributed by atoms with E-state index >= 15 is 0 Å². The van der Waals surface area contributed by atoms with E-state index in [1.165, 1.54) is 7.11 Å². The summed E-state index contributed by atoms with van der Waals surface area (Å²) in [5.41, 5.74) is 3.30. The van der Waals surface area contributed by atoms with Crippen molar-refractivity contribution >= 4 is 16.9 Å². The van der Waals surface area contributed by atoms with E-state index in [1.54, 1.807) is 25.3 Å². The normalized spacial score (nSPS) is 12.8. The van der Waals surface area contributed by atoms with E-state index in [4.69, 9.17) is 9.47 Å². The van der Waals surface area contributed by atoms with Gasteiger partial charge in [-0.3, -0.25) is 0 Å². The number of methoxy groups -OCH3 is 2. The van der Waals surface area contributed by atoms with Crippen molar-refractivity contribution in [3.63, 3.8) is 0 Å². The number of carbonyl (C=O) groups excluding carboxylic acids is 1. The molecule has 0 aliphatic rings. The van der Waals surface area contributed by atoms with Crippen molar-refractivity contribution in [1.82, 2.24) is 4.98 Å². The second-order valence-corrected chi connectivity index (χ2v) is 7.23. The van der Waals surface area contributed by atoms with Crippen LogP contribution in [0.4, 0.5) is 0 Å². The third-order valence-corrected chi connectivity index (χ3v) is 5.22. The molecule has 3 rings (SSSR count). The van der Waals surface area contributed by atoms with Crippen LogP contribution in [0.5, 0.6) is 5.88 Å². The van der Waals surface area contributed by atoms with Gasteiger partial charge in [0.1, 0.15) is 0 Å². The largest absolute Gasteiger partial charge is 0.481 e. The second kappa shape index (κ2) is 8.32. The van der Waals surface area contributed by atoms with Gasteiger partial charge in [-0.05, 0) is 55.2 Å². The van der Waals surface area contributed by atoms with E-state index in [9.17, 15) is 10.1 Å². The molecular weight excluding hydrogens is 364 g/mol. The lowest BCUT2D eigenvalue weighted by Gasteiger charge is -2.23. The van der Waals surface area contributed by atoms with Gasteiger partial charge in [0, 0.05) is 10.9 Å². The maximum Gasteiger partial charge on any atom is 0.337 e. The summed E-state index contributed by atoms with van der Waals surface area (Å²) in [5.74, 6) is 0.223. The predicted octanol–water partition coefficient (Wildman–Crippen LogP) is 4.62. The Kier molecular flexibility index (Phi) is 5.84. The molecule has 1 aromatic heterocycles. The molecule has 0 fully saturated rings. The molecule has 1 atom stereocenters. The van der Waals surface area contributed by atoms with Crippen molar-refractivity contribution in [2.24, 2.45) is 0 Å². The van der Waals surface area contributed by atoms with Crippen LogP contribution < -0.4 is 4.74 Å². The third-order valence-electron chi connectivity index (χ3n) is 5.22. The molecule has 3 aromatic rings. The lowest BCUT2D eigenvalue weighted by atomic mass is 9.78. The van der Waals surface area contributed by atoms with Crippen molar-refractivity contribution in [1.29, 1.82) is 5.26 Å². The summed E-state index contributed by atoms with van der Waals surface area (Å²) < 4.78 is 10.2. The number of pyridine rings is 1. The molecule has 0 bridgehead atoms. The molecule has 0 amide bonds. The van der Waals surface area contributed by atoms with Gasteiger partial charge >= 0.3 is 5.97 Å². The molecule has 0 saturated carbocycles. The van der Waals surface area contributed by atoms with Crippen LogP contribution in [-0.4, -0.2) is 25.2 Å². The summed E-state index contributed by atoms with van der Waals surface area (Å²) >= 11 is 0. The second-order valence-electron chi connectivity index (χ2n) is 7.23. The number of benzene rings is 2. The first-order valence-electron chi connectivity index (χ1n) is 9.50. The van der Waals surface area contributed by atoms with E-state index in [1.807, 2.05) is 31.2 Å². The fourth-order valence-electron chi connectivity index (χ4n) is 3.51. The van der Waals surface area contributed by atoms with Crippen LogP contribution in [0.3, 0.4) is 0 Å². The number of nitrogens with zero attached hydrogens (tertiary/aromatic N) is 2. The van der Waals surface area contributed by atoms with Crippen LogP contribution in [0, 0.1) is 11.3 Å². The molecule has 1 heterocycles. The molecule has 0 aliphatic carbocycles. The van der Waals surface area contributed by atoms with E-state index in [0.717, 1.165) is 34.0 Å². The minimum atomic E-state index is -0.777. The summed E-state index contributed by atoms with van der Waals surface area (Å²) in [6.07, 6.45) is 1.30. The average Bonchev–Trinajstić information content (AvgIpc) is 2.77. The molecule has 0 N–H and O–H groups in total. The topological polar surface area (TPSA) is 72.2 Å². The molecule has 5 heteroatoms. The summed E-state index contributed by atoms with van der Waals surface area (Å²) in [5, 5.41) is 11.0. The highest BCUT2D eigenvalue weighted by atomic mass is 16.5. The Hall–Kier alpha value is -3.39. The van der Waals surface area contributed by atoms with Crippen LogP contribution >= 0.6 is 0 Å². The Morgan fingerprint density at radius 2 is 1.97 bits per heavy atom.